The van der Waals surface area contributed by atoms with Crippen LogP contribution in [-0.2, 0) is 10.0 Å². The lowest BCUT2D eigenvalue weighted by Crippen LogP contribution is -2.28. The molecule has 126 valence electrons. The third-order valence-electron chi connectivity index (χ3n) is 2.82. The van der Waals surface area contributed by atoms with Crippen molar-refractivity contribution in [2.75, 3.05) is 0 Å². The molecule has 1 heterocycles. The van der Waals surface area contributed by atoms with E-state index in [-0.39, 0.29) is 11.7 Å². The number of rotatable bonds is 6. The Balaban J connectivity index is 2.09. The second-order valence-corrected chi connectivity index (χ2v) is 6.83. The maximum Gasteiger partial charge on any atom is 0.266 e. The molecule has 2 rings (SSSR count). The van der Waals surface area contributed by atoms with Gasteiger partial charge in [0.1, 0.15) is 5.75 Å². The van der Waals surface area contributed by atoms with E-state index in [1.807, 2.05) is 24.6 Å². The molecule has 6 nitrogen and oxygen atoms in total. The highest BCUT2D eigenvalue weighted by Crippen LogP contribution is 2.13. The van der Waals surface area contributed by atoms with Gasteiger partial charge in [-0.25, -0.2) is 13.1 Å². The Kier molecular flexibility index (Phi) is 5.70. The lowest BCUT2D eigenvalue weighted by atomic mass is 10.2. The average Bonchev–Trinajstić information content (AvgIpc) is 2.53. The van der Waals surface area contributed by atoms with E-state index >= 15 is 0 Å². The minimum atomic E-state index is -3.91. The molecule has 2 aromatic rings. The molecule has 0 spiro atoms. The molecule has 1 N–H and O–H groups in total. The lowest BCUT2D eigenvalue weighted by Gasteiger charge is -2.10. The van der Waals surface area contributed by atoms with Gasteiger partial charge >= 0.3 is 0 Å². The average molecular weight is 346 g/mol. The fourth-order valence-electron chi connectivity index (χ4n) is 1.83. The van der Waals surface area contributed by atoms with E-state index in [2.05, 4.69) is 4.98 Å². The van der Waals surface area contributed by atoms with Gasteiger partial charge in [-0.3, -0.25) is 9.78 Å². The van der Waals surface area contributed by atoms with Crippen LogP contribution in [-0.4, -0.2) is 25.4 Å². The highest BCUT2D eigenvalue weighted by Gasteiger charge is 2.14. The highest BCUT2D eigenvalue weighted by atomic mass is 32.2. The van der Waals surface area contributed by atoms with Gasteiger partial charge < -0.3 is 4.74 Å². The zero-order valence-corrected chi connectivity index (χ0v) is 14.2. The van der Waals surface area contributed by atoms with Crippen LogP contribution in [0, 0.1) is 0 Å². The summed E-state index contributed by atoms with van der Waals surface area (Å²) in [6.45, 7) is 3.68. The van der Waals surface area contributed by atoms with Gasteiger partial charge in [0.05, 0.1) is 23.3 Å². The van der Waals surface area contributed by atoms with Crippen LogP contribution < -0.4 is 9.46 Å². The highest BCUT2D eigenvalue weighted by molar-refractivity contribution is 7.93. The minimum Gasteiger partial charge on any atom is -0.489 e. The molecule has 0 saturated carbocycles. The van der Waals surface area contributed by atoms with Gasteiger partial charge in [0, 0.05) is 6.20 Å². The number of benzene rings is 1. The Hall–Kier alpha value is -2.67. The number of amides is 1. The van der Waals surface area contributed by atoms with Crippen LogP contribution in [0.2, 0.25) is 0 Å². The summed E-state index contributed by atoms with van der Waals surface area (Å²) in [6, 6.07) is 10.4. The predicted octanol–water partition coefficient (Wildman–Crippen LogP) is 2.60. The Morgan fingerprint density at radius 1 is 1.21 bits per heavy atom. The van der Waals surface area contributed by atoms with Crippen molar-refractivity contribution in [1.82, 2.24) is 9.71 Å². The van der Waals surface area contributed by atoms with Crippen molar-refractivity contribution in [1.29, 1.82) is 0 Å². The molecule has 7 heteroatoms. The molecule has 0 saturated heterocycles. The number of nitrogens with one attached hydrogen (secondary N) is 1. The van der Waals surface area contributed by atoms with Gasteiger partial charge in [-0.05, 0) is 31.6 Å². The second-order valence-electron chi connectivity index (χ2n) is 5.27. The van der Waals surface area contributed by atoms with E-state index in [0.29, 0.717) is 11.3 Å². The SMILES string of the molecule is CC(C)Oc1cncc(C(=O)NS(=O)(=O)/C=C/c2ccccc2)c1. The summed E-state index contributed by atoms with van der Waals surface area (Å²) in [4.78, 5) is 16.0. The molecule has 0 aliphatic rings. The molecule has 0 aliphatic heterocycles. The fraction of sp³-hybridized carbons (Fsp3) is 0.176. The number of pyridine rings is 1. The Morgan fingerprint density at radius 2 is 1.92 bits per heavy atom. The summed E-state index contributed by atoms with van der Waals surface area (Å²) in [7, 11) is -3.91. The molecule has 0 radical (unpaired) electrons. The van der Waals surface area contributed by atoms with E-state index in [1.165, 1.54) is 24.5 Å². The summed E-state index contributed by atoms with van der Waals surface area (Å²) in [5.41, 5.74) is 0.814. The van der Waals surface area contributed by atoms with E-state index in [0.717, 1.165) is 5.41 Å². The van der Waals surface area contributed by atoms with Crippen LogP contribution in [0.3, 0.4) is 0 Å². The minimum absolute atomic E-state index is 0.0809. The normalized spacial score (nSPS) is 11.6. The lowest BCUT2D eigenvalue weighted by molar-refractivity contribution is 0.0980. The summed E-state index contributed by atoms with van der Waals surface area (Å²) in [5, 5.41) is 0.947. The number of carbonyl (C=O) groups excluding carboxylic acids is 1. The quantitative estimate of drug-likeness (QED) is 0.869. The molecule has 1 aromatic carbocycles. The summed E-state index contributed by atoms with van der Waals surface area (Å²) in [5.74, 6) is -0.371. The first-order valence-corrected chi connectivity index (χ1v) is 8.82. The summed E-state index contributed by atoms with van der Waals surface area (Å²) < 4.78 is 31.4. The zero-order chi connectivity index (χ0) is 17.6. The van der Waals surface area contributed by atoms with Crippen molar-refractivity contribution in [2.45, 2.75) is 20.0 Å². The molecule has 0 aliphatic carbocycles. The largest absolute Gasteiger partial charge is 0.489 e. The number of aromatic nitrogens is 1. The maximum absolute atomic E-state index is 12.1. The first kappa shape index (κ1) is 17.7. The number of sulfonamides is 1. The van der Waals surface area contributed by atoms with E-state index in [4.69, 9.17) is 4.74 Å². The third-order valence-corrected chi connectivity index (χ3v) is 3.79. The first-order valence-electron chi connectivity index (χ1n) is 7.28. The first-order chi connectivity index (χ1) is 11.4. The van der Waals surface area contributed by atoms with Gasteiger partial charge in [-0.2, -0.15) is 0 Å². The van der Waals surface area contributed by atoms with E-state index < -0.39 is 15.9 Å². The van der Waals surface area contributed by atoms with Crippen molar-refractivity contribution in [3.05, 3.63) is 65.3 Å². The van der Waals surface area contributed by atoms with Crippen LogP contribution in [0.15, 0.2) is 54.2 Å². The molecular weight excluding hydrogens is 328 g/mol. The van der Waals surface area contributed by atoms with Gasteiger partial charge in [-0.1, -0.05) is 30.3 Å². The molecule has 1 amide bonds. The maximum atomic E-state index is 12.1. The van der Waals surface area contributed by atoms with Crippen LogP contribution in [0.1, 0.15) is 29.8 Å². The van der Waals surface area contributed by atoms with Crippen LogP contribution >= 0.6 is 0 Å². The Bertz CT molecular complexity index is 831. The van der Waals surface area contributed by atoms with Crippen molar-refractivity contribution in [3.8, 4) is 5.75 Å². The molecule has 0 bridgehead atoms. The molecule has 0 atom stereocenters. The monoisotopic (exact) mass is 346 g/mol. The summed E-state index contributed by atoms with van der Waals surface area (Å²) in [6.07, 6.45) is 4.06. The van der Waals surface area contributed by atoms with E-state index in [9.17, 15) is 13.2 Å². The molecular formula is C17H18N2O4S. The van der Waals surface area contributed by atoms with Crippen LogP contribution in [0.25, 0.3) is 6.08 Å². The van der Waals surface area contributed by atoms with Crippen molar-refractivity contribution >= 4 is 22.0 Å². The van der Waals surface area contributed by atoms with Crippen molar-refractivity contribution in [3.63, 3.8) is 0 Å². The standard InChI is InChI=1S/C17H18N2O4S/c1-13(2)23-16-10-15(11-18-12-16)17(20)19-24(21,22)9-8-14-6-4-3-5-7-14/h3-13H,1-2H3,(H,19,20)/b9-8+. The van der Waals surface area contributed by atoms with Gasteiger partial charge in [-0.15, -0.1) is 0 Å². The van der Waals surface area contributed by atoms with Gasteiger partial charge in [0.2, 0.25) is 0 Å². The van der Waals surface area contributed by atoms with Crippen LogP contribution in [0.4, 0.5) is 0 Å². The second kappa shape index (κ2) is 7.74. The van der Waals surface area contributed by atoms with E-state index in [1.54, 1.807) is 24.3 Å². The third kappa shape index (κ3) is 5.51. The number of nitrogens with zero attached hydrogens (tertiary/aromatic N) is 1. The van der Waals surface area contributed by atoms with Gasteiger partial charge in [0.25, 0.3) is 15.9 Å². The molecule has 1 aromatic heterocycles. The molecule has 24 heavy (non-hydrogen) atoms. The van der Waals surface area contributed by atoms with Crippen molar-refractivity contribution in [2.24, 2.45) is 0 Å². The number of hydrogen-bond acceptors (Lipinski definition) is 5. The Labute approximate surface area is 141 Å². The summed E-state index contributed by atoms with van der Waals surface area (Å²) >= 11 is 0. The number of ether oxygens (including phenoxy) is 1. The smallest absolute Gasteiger partial charge is 0.266 e. The van der Waals surface area contributed by atoms with Crippen molar-refractivity contribution < 1.29 is 17.9 Å². The predicted molar refractivity (Wildman–Crippen MR) is 91.9 cm³/mol. The topological polar surface area (TPSA) is 85.4 Å². The number of carbonyl (C=O) groups is 1. The molecule has 0 unspecified atom stereocenters. The Morgan fingerprint density at radius 3 is 2.58 bits per heavy atom. The molecule has 0 fully saturated rings. The van der Waals surface area contributed by atoms with Crippen LogP contribution in [0.5, 0.6) is 5.75 Å². The zero-order valence-electron chi connectivity index (χ0n) is 13.3. The fourth-order valence-corrected chi connectivity index (χ4v) is 2.61. The van der Waals surface area contributed by atoms with Gasteiger partial charge in [0.15, 0.2) is 0 Å². The number of hydrogen-bond donors (Lipinski definition) is 1.